The van der Waals surface area contributed by atoms with Gasteiger partial charge in [-0.1, -0.05) is 6.08 Å². The maximum atomic E-state index is 9.04. The van der Waals surface area contributed by atoms with Crippen LogP contribution in [0.4, 0.5) is 0 Å². The van der Waals surface area contributed by atoms with Gasteiger partial charge in [-0.15, -0.1) is 11.7 Å². The van der Waals surface area contributed by atoms with Crippen molar-refractivity contribution in [2.75, 3.05) is 0 Å². The van der Waals surface area contributed by atoms with Gasteiger partial charge in [-0.25, -0.2) is 5.53 Å². The molecule has 0 spiro atoms. The maximum Gasteiger partial charge on any atom is 0.230 e. The van der Waals surface area contributed by atoms with Crippen molar-refractivity contribution in [1.82, 2.24) is 0 Å². The molecule has 4 heteroatoms. The summed E-state index contributed by atoms with van der Waals surface area (Å²) >= 11 is 0. The molecule has 0 aromatic heterocycles. The molecule has 4 nitrogen and oxygen atoms in total. The number of rotatable bonds is 3. The highest BCUT2D eigenvalue weighted by Crippen LogP contribution is 2.19. The van der Waals surface area contributed by atoms with E-state index < -0.39 is 6.23 Å². The molecule has 1 rings (SSSR count). The predicted octanol–water partition coefficient (Wildman–Crippen LogP) is 2.28. The van der Waals surface area contributed by atoms with E-state index in [9.17, 15) is 0 Å². The second kappa shape index (κ2) is 3.71. The van der Waals surface area contributed by atoms with Crippen molar-refractivity contribution < 1.29 is 9.84 Å². The van der Waals surface area contributed by atoms with Crippen molar-refractivity contribution in [3.05, 3.63) is 36.3 Å². The highest BCUT2D eigenvalue weighted by atomic mass is 16.5. The van der Waals surface area contributed by atoms with E-state index in [0.717, 1.165) is 5.57 Å². The Morgan fingerprint density at radius 3 is 3.17 bits per heavy atom. The van der Waals surface area contributed by atoms with Crippen molar-refractivity contribution in [3.63, 3.8) is 0 Å². The molecule has 0 saturated carbocycles. The lowest BCUT2D eigenvalue weighted by atomic mass is 10.1. The summed E-state index contributed by atoms with van der Waals surface area (Å²) in [6.45, 7) is 3.55. The van der Waals surface area contributed by atoms with Crippen LogP contribution in [0.3, 0.4) is 0 Å². The van der Waals surface area contributed by atoms with Gasteiger partial charge in [0.1, 0.15) is 12.0 Å². The molecule has 0 radical (unpaired) electrons. The molecule has 2 N–H and O–H groups in total. The van der Waals surface area contributed by atoms with Crippen LogP contribution in [0.1, 0.15) is 6.42 Å². The Morgan fingerprint density at radius 2 is 2.58 bits per heavy atom. The van der Waals surface area contributed by atoms with Crippen LogP contribution in [0.5, 0.6) is 0 Å². The average molecular weight is 166 g/mol. The number of ether oxygens (including phenoxy) is 1. The van der Waals surface area contributed by atoms with E-state index in [0.29, 0.717) is 6.42 Å². The van der Waals surface area contributed by atoms with Gasteiger partial charge in [-0.2, -0.15) is 0 Å². The Bertz CT molecular complexity index is 256. The summed E-state index contributed by atoms with van der Waals surface area (Å²) in [5.74, 6) is 0.0479. The van der Waals surface area contributed by atoms with Gasteiger partial charge in [-0.05, 0) is 12.5 Å². The lowest BCUT2D eigenvalue weighted by molar-refractivity contribution is 0.154. The quantitative estimate of drug-likeness (QED) is 0.499. The fourth-order valence-corrected chi connectivity index (χ4v) is 0.957. The zero-order chi connectivity index (χ0) is 8.97. The third kappa shape index (κ3) is 1.72. The summed E-state index contributed by atoms with van der Waals surface area (Å²) in [5.41, 5.74) is 7.52. The van der Waals surface area contributed by atoms with Crippen molar-refractivity contribution in [3.8, 4) is 0 Å². The van der Waals surface area contributed by atoms with Crippen LogP contribution in [-0.4, -0.2) is 11.3 Å². The van der Waals surface area contributed by atoms with E-state index >= 15 is 0 Å². The summed E-state index contributed by atoms with van der Waals surface area (Å²) in [6, 6.07) is 0. The van der Waals surface area contributed by atoms with Crippen LogP contribution >= 0.6 is 0 Å². The SMILES string of the molecule is C=CCC1=CC(O)=COC1N=N. The third-order valence-electron chi connectivity index (χ3n) is 1.47. The van der Waals surface area contributed by atoms with Gasteiger partial charge < -0.3 is 9.84 Å². The summed E-state index contributed by atoms with van der Waals surface area (Å²) in [4.78, 5) is 0. The van der Waals surface area contributed by atoms with Crippen LogP contribution in [0.2, 0.25) is 0 Å². The minimum atomic E-state index is -0.598. The molecule has 12 heavy (non-hydrogen) atoms. The normalized spacial score (nSPS) is 21.8. The lowest BCUT2D eigenvalue weighted by Crippen LogP contribution is -2.13. The Hall–Kier alpha value is -1.58. The summed E-state index contributed by atoms with van der Waals surface area (Å²) in [6.07, 6.45) is 4.35. The van der Waals surface area contributed by atoms with E-state index in [1.807, 2.05) is 0 Å². The van der Waals surface area contributed by atoms with Gasteiger partial charge in [0.25, 0.3) is 0 Å². The van der Waals surface area contributed by atoms with Gasteiger partial charge in [0.15, 0.2) is 0 Å². The van der Waals surface area contributed by atoms with Gasteiger partial charge in [-0.3, -0.25) is 0 Å². The van der Waals surface area contributed by atoms with Crippen molar-refractivity contribution in [2.45, 2.75) is 12.6 Å². The summed E-state index contributed by atoms with van der Waals surface area (Å²) < 4.78 is 4.92. The van der Waals surface area contributed by atoms with Crippen molar-refractivity contribution >= 4 is 0 Å². The Labute approximate surface area is 70.4 Å². The number of nitrogens with one attached hydrogen (secondary N) is 1. The van der Waals surface area contributed by atoms with E-state index in [-0.39, 0.29) is 5.76 Å². The Kier molecular flexibility index (Phi) is 2.63. The van der Waals surface area contributed by atoms with Crippen LogP contribution in [0.25, 0.3) is 0 Å². The molecule has 0 aliphatic carbocycles. The van der Waals surface area contributed by atoms with Crippen LogP contribution in [0.15, 0.2) is 41.4 Å². The van der Waals surface area contributed by atoms with Crippen LogP contribution in [0, 0.1) is 5.53 Å². The first-order valence-corrected chi connectivity index (χ1v) is 3.50. The number of hydrogen-bond donors (Lipinski definition) is 2. The van der Waals surface area contributed by atoms with E-state index in [1.54, 1.807) is 6.08 Å². The topological polar surface area (TPSA) is 65.7 Å². The van der Waals surface area contributed by atoms with E-state index in [4.69, 9.17) is 15.4 Å². The first kappa shape index (κ1) is 8.52. The van der Waals surface area contributed by atoms with Crippen LogP contribution in [-0.2, 0) is 4.74 Å². The summed E-state index contributed by atoms with van der Waals surface area (Å²) in [7, 11) is 0. The molecule has 1 unspecified atom stereocenters. The average Bonchev–Trinajstić information content (AvgIpc) is 2.05. The molecular weight excluding hydrogens is 156 g/mol. The lowest BCUT2D eigenvalue weighted by Gasteiger charge is -2.17. The number of hydrogen-bond acceptors (Lipinski definition) is 4. The molecule has 0 aromatic carbocycles. The van der Waals surface area contributed by atoms with Crippen molar-refractivity contribution in [1.29, 1.82) is 5.53 Å². The predicted molar refractivity (Wildman–Crippen MR) is 43.6 cm³/mol. The molecule has 64 valence electrons. The smallest absolute Gasteiger partial charge is 0.230 e. The zero-order valence-electron chi connectivity index (χ0n) is 6.53. The number of allylic oxidation sites excluding steroid dienone is 2. The molecule has 0 aromatic rings. The molecular formula is C8H10N2O2. The fourth-order valence-electron chi connectivity index (χ4n) is 0.957. The van der Waals surface area contributed by atoms with Gasteiger partial charge in [0.2, 0.25) is 6.23 Å². The highest BCUT2D eigenvalue weighted by molar-refractivity contribution is 5.24. The molecule has 0 amide bonds. The first-order valence-electron chi connectivity index (χ1n) is 3.50. The molecule has 1 aliphatic heterocycles. The molecule has 0 saturated heterocycles. The summed E-state index contributed by atoms with van der Waals surface area (Å²) in [5, 5.41) is 12.3. The second-order valence-corrected chi connectivity index (χ2v) is 2.37. The van der Waals surface area contributed by atoms with Gasteiger partial charge >= 0.3 is 0 Å². The third-order valence-corrected chi connectivity index (χ3v) is 1.47. The minimum absolute atomic E-state index is 0.0479. The maximum absolute atomic E-state index is 9.04. The zero-order valence-corrected chi connectivity index (χ0v) is 6.53. The van der Waals surface area contributed by atoms with E-state index in [2.05, 4.69) is 11.7 Å². The molecule has 1 aliphatic rings. The number of aliphatic hydroxyl groups is 1. The first-order chi connectivity index (χ1) is 5.77. The van der Waals surface area contributed by atoms with Crippen LogP contribution < -0.4 is 0 Å². The Morgan fingerprint density at radius 1 is 1.83 bits per heavy atom. The molecule has 1 atom stereocenters. The molecule has 1 heterocycles. The number of aliphatic hydroxyl groups excluding tert-OH is 1. The molecule has 0 bridgehead atoms. The monoisotopic (exact) mass is 166 g/mol. The van der Waals surface area contributed by atoms with Gasteiger partial charge in [0, 0.05) is 5.57 Å². The number of nitrogens with zero attached hydrogens (tertiary/aromatic N) is 1. The fraction of sp³-hybridized carbons (Fsp3) is 0.250. The largest absolute Gasteiger partial charge is 0.505 e. The molecule has 0 fully saturated rings. The van der Waals surface area contributed by atoms with Gasteiger partial charge in [0.05, 0.1) is 0 Å². The highest BCUT2D eigenvalue weighted by Gasteiger charge is 2.16. The van der Waals surface area contributed by atoms with E-state index in [1.165, 1.54) is 12.3 Å². The standard InChI is InChI=1S/C8H10N2O2/c1-2-3-6-4-7(11)5-12-8(6)10-9/h2,4-5,8-9,11H,1,3H2. The minimum Gasteiger partial charge on any atom is -0.505 e. The van der Waals surface area contributed by atoms with Crippen molar-refractivity contribution in [2.24, 2.45) is 5.11 Å². The second-order valence-electron chi connectivity index (χ2n) is 2.37. The Balaban J connectivity index is 2.79.